The van der Waals surface area contributed by atoms with Gasteiger partial charge in [-0.25, -0.2) is 0 Å². The highest BCUT2D eigenvalue weighted by Gasteiger charge is 2.13. The Morgan fingerprint density at radius 3 is 2.78 bits per heavy atom. The second kappa shape index (κ2) is 9.09. The molecule has 1 aromatic carbocycles. The van der Waals surface area contributed by atoms with E-state index in [2.05, 4.69) is 20.6 Å². The number of amides is 1. The van der Waals surface area contributed by atoms with Gasteiger partial charge < -0.3 is 15.2 Å². The van der Waals surface area contributed by atoms with Crippen molar-refractivity contribution in [1.82, 2.24) is 25.1 Å². The van der Waals surface area contributed by atoms with Gasteiger partial charge in [-0.1, -0.05) is 30.3 Å². The average Bonchev–Trinajstić information content (AvgIpc) is 3.10. The molecule has 2 heterocycles. The fourth-order valence-electron chi connectivity index (χ4n) is 2.85. The lowest BCUT2D eigenvalue weighted by Gasteiger charge is -2.16. The number of nitrogens with one attached hydrogen (secondary N) is 1. The van der Waals surface area contributed by atoms with E-state index in [-0.39, 0.29) is 18.6 Å². The third kappa shape index (κ3) is 5.01. The minimum atomic E-state index is -0.292. The number of hydrogen-bond donors (Lipinski definition) is 2. The largest absolute Gasteiger partial charge is 0.480 e. The molecule has 1 amide bonds. The molecule has 0 radical (unpaired) electrons. The van der Waals surface area contributed by atoms with Crippen molar-refractivity contribution in [3.05, 3.63) is 53.9 Å². The van der Waals surface area contributed by atoms with E-state index < -0.39 is 0 Å². The number of fused-ring (bicyclic) bond motifs is 1. The molecule has 0 saturated carbocycles. The van der Waals surface area contributed by atoms with Gasteiger partial charge in [0, 0.05) is 18.9 Å². The lowest BCUT2D eigenvalue weighted by atomic mass is 10.1. The summed E-state index contributed by atoms with van der Waals surface area (Å²) in [5, 5.41) is 24.9. The molecule has 0 bridgehead atoms. The number of carbonyl (C=O) groups excluding carboxylic acids is 1. The molecule has 2 aromatic heterocycles. The number of aliphatic hydroxyl groups is 1. The Morgan fingerprint density at radius 1 is 1.22 bits per heavy atom. The van der Waals surface area contributed by atoms with Crippen LogP contribution in [0.15, 0.2) is 42.5 Å². The van der Waals surface area contributed by atoms with Crippen molar-refractivity contribution >= 4 is 11.6 Å². The van der Waals surface area contributed by atoms with E-state index in [1.807, 2.05) is 30.3 Å². The molecule has 0 spiro atoms. The Bertz CT molecular complexity index is 881. The standard InChI is InChI=1S/C19H23N5O3/c1-27-19-11-10-17-22-21-16(24(17)23-19)8-5-9-18(26)20-15(13-25)12-14-6-3-2-4-7-14/h2-4,6-7,10-11,15,25H,5,8-9,12-13H2,1H3,(H,20,26). The Morgan fingerprint density at radius 2 is 2.04 bits per heavy atom. The highest BCUT2D eigenvalue weighted by Crippen LogP contribution is 2.10. The summed E-state index contributed by atoms with van der Waals surface area (Å²) in [5.41, 5.74) is 1.71. The molecular weight excluding hydrogens is 346 g/mol. The summed E-state index contributed by atoms with van der Waals surface area (Å²) >= 11 is 0. The number of aryl methyl sites for hydroxylation is 1. The Hall–Kier alpha value is -3.00. The normalized spacial score (nSPS) is 12.1. The molecular formula is C19H23N5O3. The number of aliphatic hydroxyl groups excluding tert-OH is 1. The monoisotopic (exact) mass is 369 g/mol. The van der Waals surface area contributed by atoms with Crippen molar-refractivity contribution < 1.29 is 14.6 Å². The maximum absolute atomic E-state index is 12.2. The van der Waals surface area contributed by atoms with Gasteiger partial charge in [0.25, 0.3) is 0 Å². The van der Waals surface area contributed by atoms with Crippen molar-refractivity contribution in [3.8, 4) is 5.88 Å². The van der Waals surface area contributed by atoms with Crippen LogP contribution in [0, 0.1) is 0 Å². The summed E-state index contributed by atoms with van der Waals surface area (Å²) in [6.45, 7) is -0.0981. The van der Waals surface area contributed by atoms with Crippen molar-refractivity contribution in [2.45, 2.75) is 31.7 Å². The molecule has 0 fully saturated rings. The smallest absolute Gasteiger partial charge is 0.231 e. The van der Waals surface area contributed by atoms with Crippen LogP contribution >= 0.6 is 0 Å². The quantitative estimate of drug-likeness (QED) is 0.587. The molecule has 2 N–H and O–H groups in total. The van der Waals surface area contributed by atoms with Gasteiger partial charge in [0.15, 0.2) is 11.5 Å². The first-order valence-corrected chi connectivity index (χ1v) is 8.89. The number of aromatic nitrogens is 4. The van der Waals surface area contributed by atoms with Crippen LogP contribution in [0.25, 0.3) is 5.65 Å². The molecule has 3 aromatic rings. The van der Waals surface area contributed by atoms with Gasteiger partial charge in [-0.05, 0) is 24.5 Å². The number of hydrogen-bond acceptors (Lipinski definition) is 6. The van der Waals surface area contributed by atoms with Crippen molar-refractivity contribution in [3.63, 3.8) is 0 Å². The van der Waals surface area contributed by atoms with E-state index >= 15 is 0 Å². The van der Waals surface area contributed by atoms with Crippen LogP contribution in [0.4, 0.5) is 0 Å². The molecule has 8 heteroatoms. The van der Waals surface area contributed by atoms with Gasteiger partial charge in [0.2, 0.25) is 11.8 Å². The third-order valence-electron chi connectivity index (χ3n) is 4.23. The molecule has 27 heavy (non-hydrogen) atoms. The van der Waals surface area contributed by atoms with Gasteiger partial charge in [-0.3, -0.25) is 4.79 Å². The van der Waals surface area contributed by atoms with Crippen LogP contribution in [-0.4, -0.2) is 50.6 Å². The van der Waals surface area contributed by atoms with E-state index in [0.29, 0.717) is 43.0 Å². The Balaban J connectivity index is 1.50. The van der Waals surface area contributed by atoms with Crippen LogP contribution in [-0.2, 0) is 17.6 Å². The van der Waals surface area contributed by atoms with Crippen molar-refractivity contribution in [2.24, 2.45) is 0 Å². The van der Waals surface area contributed by atoms with Crippen LogP contribution in [0.3, 0.4) is 0 Å². The fourth-order valence-corrected chi connectivity index (χ4v) is 2.85. The van der Waals surface area contributed by atoms with Crippen LogP contribution in [0.1, 0.15) is 24.2 Å². The summed E-state index contributed by atoms with van der Waals surface area (Å²) in [5.74, 6) is 1.07. The van der Waals surface area contributed by atoms with E-state index in [9.17, 15) is 9.90 Å². The predicted octanol–water partition coefficient (Wildman–Crippen LogP) is 1.18. The maximum atomic E-state index is 12.2. The second-order valence-corrected chi connectivity index (χ2v) is 6.25. The SMILES string of the molecule is COc1ccc2nnc(CCCC(=O)NC(CO)Cc3ccccc3)n2n1. The number of carbonyl (C=O) groups is 1. The summed E-state index contributed by atoms with van der Waals surface area (Å²) in [6, 6.07) is 13.0. The molecule has 0 saturated heterocycles. The zero-order valence-electron chi connectivity index (χ0n) is 15.2. The van der Waals surface area contributed by atoms with Crippen LogP contribution < -0.4 is 10.1 Å². The molecule has 3 rings (SSSR count). The molecule has 0 aliphatic rings. The predicted molar refractivity (Wildman–Crippen MR) is 99.4 cm³/mol. The number of benzene rings is 1. The van der Waals surface area contributed by atoms with E-state index in [0.717, 1.165) is 5.56 Å². The van der Waals surface area contributed by atoms with Crippen LogP contribution in [0.2, 0.25) is 0 Å². The molecule has 0 aliphatic heterocycles. The summed E-state index contributed by atoms with van der Waals surface area (Å²) < 4.78 is 6.75. The first-order valence-electron chi connectivity index (χ1n) is 8.89. The first kappa shape index (κ1) is 18.8. The lowest BCUT2D eigenvalue weighted by Crippen LogP contribution is -2.39. The number of methoxy groups -OCH3 is 1. The highest BCUT2D eigenvalue weighted by atomic mass is 16.5. The molecule has 1 unspecified atom stereocenters. The number of rotatable bonds is 9. The first-order chi connectivity index (χ1) is 13.2. The highest BCUT2D eigenvalue weighted by molar-refractivity contribution is 5.76. The maximum Gasteiger partial charge on any atom is 0.231 e. The summed E-state index contributed by atoms with van der Waals surface area (Å²) in [7, 11) is 1.55. The van der Waals surface area contributed by atoms with E-state index in [1.54, 1.807) is 23.8 Å². The molecule has 0 aliphatic carbocycles. The minimum absolute atomic E-state index is 0.0932. The molecule has 8 nitrogen and oxygen atoms in total. The van der Waals surface area contributed by atoms with Gasteiger partial charge in [0.1, 0.15) is 0 Å². The van der Waals surface area contributed by atoms with Gasteiger partial charge >= 0.3 is 0 Å². The topological polar surface area (TPSA) is 102 Å². The zero-order chi connectivity index (χ0) is 19.1. The summed E-state index contributed by atoms with van der Waals surface area (Å²) in [4.78, 5) is 12.2. The Kier molecular flexibility index (Phi) is 6.32. The van der Waals surface area contributed by atoms with Gasteiger partial charge in [-0.2, -0.15) is 4.52 Å². The minimum Gasteiger partial charge on any atom is -0.480 e. The van der Waals surface area contributed by atoms with Gasteiger partial charge in [-0.15, -0.1) is 15.3 Å². The van der Waals surface area contributed by atoms with Gasteiger partial charge in [0.05, 0.1) is 19.8 Å². The number of nitrogens with zero attached hydrogens (tertiary/aromatic N) is 4. The lowest BCUT2D eigenvalue weighted by molar-refractivity contribution is -0.122. The summed E-state index contributed by atoms with van der Waals surface area (Å²) in [6.07, 6.45) is 2.11. The number of ether oxygens (including phenoxy) is 1. The third-order valence-corrected chi connectivity index (χ3v) is 4.23. The molecule has 1 atom stereocenters. The fraction of sp³-hybridized carbons (Fsp3) is 0.368. The van der Waals surface area contributed by atoms with Crippen molar-refractivity contribution in [2.75, 3.05) is 13.7 Å². The van der Waals surface area contributed by atoms with E-state index in [1.165, 1.54) is 0 Å². The average molecular weight is 369 g/mol. The molecule has 142 valence electrons. The van der Waals surface area contributed by atoms with E-state index in [4.69, 9.17) is 4.74 Å². The zero-order valence-corrected chi connectivity index (χ0v) is 15.2. The van der Waals surface area contributed by atoms with Crippen LogP contribution in [0.5, 0.6) is 5.88 Å². The van der Waals surface area contributed by atoms with Crippen molar-refractivity contribution in [1.29, 1.82) is 0 Å². The Labute approximate surface area is 157 Å². The second-order valence-electron chi connectivity index (χ2n) is 6.25.